The zero-order valence-corrected chi connectivity index (χ0v) is 12.7. The van der Waals surface area contributed by atoms with E-state index in [1.165, 1.54) is 18.2 Å². The van der Waals surface area contributed by atoms with E-state index in [2.05, 4.69) is 5.32 Å². The number of para-hydroxylation sites is 1. The summed E-state index contributed by atoms with van der Waals surface area (Å²) in [6.45, 7) is 0. The van der Waals surface area contributed by atoms with Crippen molar-refractivity contribution in [2.24, 2.45) is 0 Å². The van der Waals surface area contributed by atoms with E-state index >= 15 is 0 Å². The molecule has 0 fully saturated rings. The smallest absolute Gasteiger partial charge is 0.337 e. The van der Waals surface area contributed by atoms with Gasteiger partial charge in [0.05, 0.1) is 21.3 Å². The zero-order chi connectivity index (χ0) is 16.1. The Morgan fingerprint density at radius 3 is 2.45 bits per heavy atom. The number of carbonyl (C=O) groups is 2. The van der Waals surface area contributed by atoms with Crippen LogP contribution >= 0.6 is 23.2 Å². The van der Waals surface area contributed by atoms with Gasteiger partial charge in [-0.3, -0.25) is 4.79 Å². The van der Waals surface area contributed by atoms with Gasteiger partial charge in [0, 0.05) is 6.08 Å². The average Bonchev–Trinajstić information content (AvgIpc) is 2.49. The number of carboxylic acids is 1. The molecule has 0 atom stereocenters. The van der Waals surface area contributed by atoms with Crippen LogP contribution in [0.3, 0.4) is 0 Å². The standard InChI is InChI=1S/C16H11Cl2NO3/c17-12-7-5-10(9-13(12)18)6-8-15(20)19-14-4-2-1-3-11(14)16(21)22/h1-9H,(H,19,20)(H,21,22). The van der Waals surface area contributed by atoms with Gasteiger partial charge < -0.3 is 10.4 Å². The normalized spacial score (nSPS) is 10.6. The van der Waals surface area contributed by atoms with Crippen molar-refractivity contribution in [3.05, 3.63) is 69.7 Å². The lowest BCUT2D eigenvalue weighted by molar-refractivity contribution is -0.111. The molecule has 2 aromatic rings. The van der Waals surface area contributed by atoms with Gasteiger partial charge in [0.1, 0.15) is 0 Å². The highest BCUT2D eigenvalue weighted by molar-refractivity contribution is 6.42. The molecule has 0 radical (unpaired) electrons. The number of hydrogen-bond acceptors (Lipinski definition) is 2. The van der Waals surface area contributed by atoms with Gasteiger partial charge in [-0.2, -0.15) is 0 Å². The molecule has 0 aliphatic carbocycles. The van der Waals surface area contributed by atoms with Crippen molar-refractivity contribution in [2.75, 3.05) is 5.32 Å². The molecular weight excluding hydrogens is 325 g/mol. The fourth-order valence-corrected chi connectivity index (χ4v) is 2.05. The van der Waals surface area contributed by atoms with E-state index in [1.54, 1.807) is 36.4 Å². The Balaban J connectivity index is 2.11. The number of amides is 1. The Morgan fingerprint density at radius 1 is 1.05 bits per heavy atom. The first-order valence-electron chi connectivity index (χ1n) is 6.24. The molecule has 0 saturated heterocycles. The summed E-state index contributed by atoms with van der Waals surface area (Å²) in [5, 5.41) is 12.4. The summed E-state index contributed by atoms with van der Waals surface area (Å²) < 4.78 is 0. The topological polar surface area (TPSA) is 66.4 Å². The van der Waals surface area contributed by atoms with Gasteiger partial charge in [-0.25, -0.2) is 4.79 Å². The van der Waals surface area contributed by atoms with E-state index < -0.39 is 11.9 Å². The summed E-state index contributed by atoms with van der Waals surface area (Å²) >= 11 is 11.7. The second-order valence-electron chi connectivity index (χ2n) is 4.35. The maximum absolute atomic E-state index is 11.9. The van der Waals surface area contributed by atoms with Gasteiger partial charge in [-0.15, -0.1) is 0 Å². The maximum atomic E-state index is 11.9. The lowest BCUT2D eigenvalue weighted by Gasteiger charge is -2.05. The third-order valence-corrected chi connectivity index (χ3v) is 3.53. The van der Waals surface area contributed by atoms with Crippen LogP contribution in [0.2, 0.25) is 10.0 Å². The number of nitrogens with one attached hydrogen (secondary N) is 1. The van der Waals surface area contributed by atoms with Crippen LogP contribution in [-0.2, 0) is 4.79 Å². The minimum absolute atomic E-state index is 0.0267. The lowest BCUT2D eigenvalue weighted by Crippen LogP contribution is -2.11. The summed E-state index contributed by atoms with van der Waals surface area (Å²) in [4.78, 5) is 22.9. The number of carbonyl (C=O) groups excluding carboxylic acids is 1. The molecule has 6 heteroatoms. The van der Waals surface area contributed by atoms with Crippen LogP contribution in [0.5, 0.6) is 0 Å². The molecule has 22 heavy (non-hydrogen) atoms. The molecule has 0 aromatic heterocycles. The van der Waals surface area contributed by atoms with E-state index in [4.69, 9.17) is 28.3 Å². The molecule has 1 amide bonds. The minimum Gasteiger partial charge on any atom is -0.478 e. The molecule has 0 saturated carbocycles. The first kappa shape index (κ1) is 16.1. The molecule has 0 bridgehead atoms. The van der Waals surface area contributed by atoms with Crippen LogP contribution in [-0.4, -0.2) is 17.0 Å². The van der Waals surface area contributed by atoms with Gasteiger partial charge in [0.15, 0.2) is 0 Å². The first-order chi connectivity index (χ1) is 10.5. The van der Waals surface area contributed by atoms with Crippen molar-refractivity contribution < 1.29 is 14.7 Å². The van der Waals surface area contributed by atoms with Gasteiger partial charge in [-0.05, 0) is 35.9 Å². The number of benzene rings is 2. The van der Waals surface area contributed by atoms with E-state index in [0.29, 0.717) is 15.6 Å². The highest BCUT2D eigenvalue weighted by atomic mass is 35.5. The Bertz CT molecular complexity index is 757. The molecule has 0 heterocycles. The van der Waals surface area contributed by atoms with Crippen LogP contribution in [0, 0.1) is 0 Å². The number of aromatic carboxylic acids is 1. The van der Waals surface area contributed by atoms with Crippen molar-refractivity contribution in [1.29, 1.82) is 0 Å². The second-order valence-corrected chi connectivity index (χ2v) is 5.16. The fraction of sp³-hybridized carbons (Fsp3) is 0. The lowest BCUT2D eigenvalue weighted by atomic mass is 10.1. The molecular formula is C16H11Cl2NO3. The van der Waals surface area contributed by atoms with Crippen LogP contribution in [0.25, 0.3) is 6.08 Å². The molecule has 2 N–H and O–H groups in total. The quantitative estimate of drug-likeness (QED) is 0.816. The summed E-state index contributed by atoms with van der Waals surface area (Å²) in [6, 6.07) is 11.1. The Labute approximate surface area is 137 Å². The number of carboxylic acid groups (broad SMARTS) is 1. The van der Waals surface area contributed by atoms with Gasteiger partial charge in [0.25, 0.3) is 0 Å². The third-order valence-electron chi connectivity index (χ3n) is 2.79. The number of halogens is 2. The summed E-state index contributed by atoms with van der Waals surface area (Å²) in [5.41, 5.74) is 0.966. The molecule has 112 valence electrons. The first-order valence-corrected chi connectivity index (χ1v) is 6.99. The van der Waals surface area contributed by atoms with Crippen molar-refractivity contribution in [3.8, 4) is 0 Å². The second kappa shape index (κ2) is 7.11. The minimum atomic E-state index is -1.11. The number of hydrogen-bond donors (Lipinski definition) is 2. The summed E-state index contributed by atoms with van der Waals surface area (Å²) in [7, 11) is 0. The third kappa shape index (κ3) is 4.10. The number of rotatable bonds is 4. The zero-order valence-electron chi connectivity index (χ0n) is 11.2. The van der Waals surface area contributed by atoms with Crippen LogP contribution < -0.4 is 5.32 Å². The summed E-state index contributed by atoms with van der Waals surface area (Å²) in [6.07, 6.45) is 2.85. The molecule has 0 spiro atoms. The average molecular weight is 336 g/mol. The van der Waals surface area contributed by atoms with Gasteiger partial charge in [0.2, 0.25) is 5.91 Å². The fourth-order valence-electron chi connectivity index (χ4n) is 1.74. The Morgan fingerprint density at radius 2 is 1.77 bits per heavy atom. The highest BCUT2D eigenvalue weighted by Gasteiger charge is 2.10. The predicted molar refractivity (Wildman–Crippen MR) is 87.5 cm³/mol. The van der Waals surface area contributed by atoms with E-state index in [1.807, 2.05) is 0 Å². The highest BCUT2D eigenvalue weighted by Crippen LogP contribution is 2.23. The Hall–Kier alpha value is -2.30. The molecule has 0 aliphatic heterocycles. The molecule has 4 nitrogen and oxygen atoms in total. The van der Waals surface area contributed by atoms with Gasteiger partial charge >= 0.3 is 5.97 Å². The van der Waals surface area contributed by atoms with Crippen molar-refractivity contribution in [1.82, 2.24) is 0 Å². The predicted octanol–water partition coefficient (Wildman–Crippen LogP) is 4.34. The van der Waals surface area contributed by atoms with E-state index in [9.17, 15) is 9.59 Å². The van der Waals surface area contributed by atoms with Crippen molar-refractivity contribution in [3.63, 3.8) is 0 Å². The monoisotopic (exact) mass is 335 g/mol. The van der Waals surface area contributed by atoms with Crippen molar-refractivity contribution in [2.45, 2.75) is 0 Å². The number of anilines is 1. The molecule has 0 unspecified atom stereocenters. The molecule has 0 aliphatic rings. The molecule has 2 rings (SSSR count). The van der Waals surface area contributed by atoms with Crippen LogP contribution in [0.1, 0.15) is 15.9 Å². The van der Waals surface area contributed by atoms with Crippen LogP contribution in [0.4, 0.5) is 5.69 Å². The molecule has 2 aromatic carbocycles. The maximum Gasteiger partial charge on any atom is 0.337 e. The van der Waals surface area contributed by atoms with Crippen LogP contribution in [0.15, 0.2) is 48.5 Å². The largest absolute Gasteiger partial charge is 0.478 e. The summed E-state index contributed by atoms with van der Waals surface area (Å²) in [5.74, 6) is -1.55. The van der Waals surface area contributed by atoms with E-state index in [-0.39, 0.29) is 11.3 Å². The van der Waals surface area contributed by atoms with Gasteiger partial charge in [-0.1, -0.05) is 41.4 Å². The Kier molecular flexibility index (Phi) is 5.20. The van der Waals surface area contributed by atoms with Crippen molar-refractivity contribution >= 4 is 46.8 Å². The van der Waals surface area contributed by atoms with E-state index in [0.717, 1.165) is 0 Å². The SMILES string of the molecule is O=C(C=Cc1ccc(Cl)c(Cl)c1)Nc1ccccc1C(=O)O.